The van der Waals surface area contributed by atoms with E-state index in [4.69, 9.17) is 15.2 Å². The van der Waals surface area contributed by atoms with Crippen molar-refractivity contribution in [3.05, 3.63) is 29.8 Å². The molecule has 0 aliphatic rings. The highest BCUT2D eigenvalue weighted by Crippen LogP contribution is 2.15. The number of hydrogen-bond donors (Lipinski definition) is 1. The van der Waals surface area contributed by atoms with Crippen molar-refractivity contribution in [2.75, 3.05) is 26.4 Å². The third kappa shape index (κ3) is 5.60. The Morgan fingerprint density at radius 1 is 1.00 bits per heavy atom. The molecule has 1 rings (SSSR count). The first-order valence-corrected chi connectivity index (χ1v) is 5.59. The first kappa shape index (κ1) is 13.9. The zero-order valence-corrected chi connectivity index (χ0v) is 9.62. The van der Waals surface area contributed by atoms with Crippen LogP contribution in [-0.4, -0.2) is 26.4 Å². The van der Waals surface area contributed by atoms with E-state index in [1.165, 1.54) is 6.07 Å². The minimum absolute atomic E-state index is 0.325. The monoisotopic (exact) mass is 245 g/mol. The molecule has 3 nitrogen and oxygen atoms in total. The van der Waals surface area contributed by atoms with E-state index in [1.807, 2.05) is 0 Å². The van der Waals surface area contributed by atoms with Gasteiger partial charge in [-0.15, -0.1) is 0 Å². The summed E-state index contributed by atoms with van der Waals surface area (Å²) in [7, 11) is 0. The quantitative estimate of drug-likeness (QED) is 0.713. The van der Waals surface area contributed by atoms with Crippen molar-refractivity contribution in [1.82, 2.24) is 0 Å². The van der Waals surface area contributed by atoms with Crippen LogP contribution in [0.2, 0.25) is 0 Å². The third-order valence-corrected chi connectivity index (χ3v) is 2.09. The zero-order chi connectivity index (χ0) is 12.5. The molecule has 0 fully saturated rings. The van der Waals surface area contributed by atoms with Crippen molar-refractivity contribution in [3.63, 3.8) is 0 Å². The summed E-state index contributed by atoms with van der Waals surface area (Å²) in [6, 6.07) is 3.47. The van der Waals surface area contributed by atoms with Gasteiger partial charge >= 0.3 is 0 Å². The van der Waals surface area contributed by atoms with E-state index in [1.54, 1.807) is 0 Å². The highest BCUT2D eigenvalue weighted by atomic mass is 19.2. The minimum atomic E-state index is -0.901. The van der Waals surface area contributed by atoms with Crippen molar-refractivity contribution in [3.8, 4) is 5.75 Å². The molecular formula is C12H17F2NO2. The van der Waals surface area contributed by atoms with Gasteiger partial charge in [-0.2, -0.15) is 0 Å². The fourth-order valence-electron chi connectivity index (χ4n) is 1.21. The van der Waals surface area contributed by atoms with Crippen molar-refractivity contribution in [2.45, 2.75) is 12.8 Å². The lowest BCUT2D eigenvalue weighted by atomic mass is 10.3. The molecule has 2 N–H and O–H groups in total. The second kappa shape index (κ2) is 7.97. The predicted molar refractivity (Wildman–Crippen MR) is 61.0 cm³/mol. The molecule has 0 spiro atoms. The summed E-state index contributed by atoms with van der Waals surface area (Å²) in [6.07, 6.45) is 1.54. The molecule has 0 unspecified atom stereocenters. The summed E-state index contributed by atoms with van der Waals surface area (Å²) in [5.41, 5.74) is 5.30. The van der Waals surface area contributed by atoms with Crippen LogP contribution in [0.1, 0.15) is 12.8 Å². The third-order valence-electron chi connectivity index (χ3n) is 2.09. The number of halogens is 2. The van der Waals surface area contributed by atoms with E-state index in [2.05, 4.69) is 0 Å². The topological polar surface area (TPSA) is 44.5 Å². The number of rotatable bonds is 8. The Hall–Kier alpha value is -1.20. The molecule has 17 heavy (non-hydrogen) atoms. The van der Waals surface area contributed by atoms with Gasteiger partial charge in [-0.1, -0.05) is 0 Å². The van der Waals surface area contributed by atoms with E-state index in [0.717, 1.165) is 18.6 Å². The van der Waals surface area contributed by atoms with Crippen LogP contribution in [0.25, 0.3) is 0 Å². The summed E-state index contributed by atoms with van der Waals surface area (Å²) in [5.74, 6) is -1.45. The van der Waals surface area contributed by atoms with E-state index < -0.39 is 11.6 Å². The molecule has 0 atom stereocenters. The van der Waals surface area contributed by atoms with Crippen LogP contribution in [0.5, 0.6) is 5.75 Å². The van der Waals surface area contributed by atoms with Gasteiger partial charge in [0.15, 0.2) is 11.6 Å². The maximum Gasteiger partial charge on any atom is 0.162 e. The Morgan fingerprint density at radius 3 is 2.47 bits per heavy atom. The van der Waals surface area contributed by atoms with Gasteiger partial charge in [-0.05, 0) is 25.1 Å². The maximum absolute atomic E-state index is 12.8. The first-order valence-electron chi connectivity index (χ1n) is 5.59. The first-order chi connectivity index (χ1) is 8.24. The van der Waals surface area contributed by atoms with Gasteiger partial charge in [0, 0.05) is 25.7 Å². The molecule has 0 aromatic heterocycles. The van der Waals surface area contributed by atoms with E-state index in [-0.39, 0.29) is 0 Å². The van der Waals surface area contributed by atoms with Crippen LogP contribution in [0.4, 0.5) is 8.78 Å². The number of nitrogens with two attached hydrogens (primary N) is 1. The lowest BCUT2D eigenvalue weighted by molar-refractivity contribution is 0.118. The van der Waals surface area contributed by atoms with Crippen LogP contribution in [0.15, 0.2) is 18.2 Å². The van der Waals surface area contributed by atoms with Gasteiger partial charge in [-0.3, -0.25) is 0 Å². The van der Waals surface area contributed by atoms with Gasteiger partial charge in [-0.25, -0.2) is 8.78 Å². The van der Waals surface area contributed by atoms with Crippen molar-refractivity contribution >= 4 is 0 Å². The van der Waals surface area contributed by atoms with Gasteiger partial charge in [0.25, 0.3) is 0 Å². The molecule has 0 saturated heterocycles. The second-order valence-electron chi connectivity index (χ2n) is 3.53. The molecule has 96 valence electrons. The largest absolute Gasteiger partial charge is 0.493 e. The fraction of sp³-hybridized carbons (Fsp3) is 0.500. The van der Waals surface area contributed by atoms with E-state index in [0.29, 0.717) is 38.5 Å². The molecule has 1 aromatic rings. The molecule has 0 amide bonds. The van der Waals surface area contributed by atoms with Crippen molar-refractivity contribution in [2.24, 2.45) is 5.73 Å². The van der Waals surface area contributed by atoms with Crippen molar-refractivity contribution in [1.29, 1.82) is 0 Å². The summed E-state index contributed by atoms with van der Waals surface area (Å²) in [5, 5.41) is 0. The summed E-state index contributed by atoms with van der Waals surface area (Å²) >= 11 is 0. The molecule has 0 heterocycles. The molecule has 0 aliphatic heterocycles. The fourth-order valence-corrected chi connectivity index (χ4v) is 1.21. The average Bonchev–Trinajstić information content (AvgIpc) is 2.32. The number of ether oxygens (including phenoxy) is 2. The number of benzene rings is 1. The van der Waals surface area contributed by atoms with Gasteiger partial charge in [0.1, 0.15) is 5.75 Å². The molecule has 0 bridgehead atoms. The summed E-state index contributed by atoms with van der Waals surface area (Å²) in [4.78, 5) is 0. The zero-order valence-electron chi connectivity index (χ0n) is 9.62. The Balaban J connectivity index is 2.11. The van der Waals surface area contributed by atoms with E-state index >= 15 is 0 Å². The Labute approximate surface area is 99.5 Å². The molecule has 1 aromatic carbocycles. The van der Waals surface area contributed by atoms with Crippen LogP contribution in [0.3, 0.4) is 0 Å². The lowest BCUT2D eigenvalue weighted by Gasteiger charge is -2.07. The van der Waals surface area contributed by atoms with Gasteiger partial charge < -0.3 is 15.2 Å². The maximum atomic E-state index is 12.8. The highest BCUT2D eigenvalue weighted by molar-refractivity contribution is 5.23. The van der Waals surface area contributed by atoms with Crippen LogP contribution >= 0.6 is 0 Å². The average molecular weight is 245 g/mol. The molecule has 0 saturated carbocycles. The van der Waals surface area contributed by atoms with Gasteiger partial charge in [0.05, 0.1) is 6.61 Å². The van der Waals surface area contributed by atoms with Crippen LogP contribution in [0, 0.1) is 11.6 Å². The predicted octanol–water partition coefficient (Wildman–Crippen LogP) is 2.10. The molecule has 0 radical (unpaired) electrons. The molecular weight excluding hydrogens is 228 g/mol. The normalized spacial score (nSPS) is 10.5. The Morgan fingerprint density at radius 2 is 1.76 bits per heavy atom. The van der Waals surface area contributed by atoms with Crippen molar-refractivity contribution < 1.29 is 18.3 Å². The minimum Gasteiger partial charge on any atom is -0.493 e. The highest BCUT2D eigenvalue weighted by Gasteiger charge is 2.02. The van der Waals surface area contributed by atoms with E-state index in [9.17, 15) is 8.78 Å². The Bertz CT molecular complexity index is 334. The van der Waals surface area contributed by atoms with Crippen LogP contribution < -0.4 is 10.5 Å². The lowest BCUT2D eigenvalue weighted by Crippen LogP contribution is -2.07. The second-order valence-corrected chi connectivity index (χ2v) is 3.53. The van der Waals surface area contributed by atoms with Crippen LogP contribution in [-0.2, 0) is 4.74 Å². The Kier molecular flexibility index (Phi) is 6.50. The standard InChI is InChI=1S/C12H17F2NO2/c13-11-4-3-10(9-12(11)14)17-8-2-7-16-6-1-5-15/h3-4,9H,1-2,5-8,15H2. The van der Waals surface area contributed by atoms with Gasteiger partial charge in [0.2, 0.25) is 0 Å². The number of hydrogen-bond acceptors (Lipinski definition) is 3. The molecule has 0 aliphatic carbocycles. The SMILES string of the molecule is NCCCOCCCOc1ccc(F)c(F)c1. The molecule has 5 heteroatoms. The summed E-state index contributed by atoms with van der Waals surface area (Å²) in [6.45, 7) is 2.24. The summed E-state index contributed by atoms with van der Waals surface area (Å²) < 4.78 is 35.9. The smallest absolute Gasteiger partial charge is 0.162 e.